The predicted octanol–water partition coefficient (Wildman–Crippen LogP) is 2.96. The van der Waals surface area contributed by atoms with E-state index < -0.39 is 11.8 Å². The number of carbonyl (C=O) groups is 2. The number of benzene rings is 2. The Labute approximate surface area is 147 Å². The molecule has 0 fully saturated rings. The van der Waals surface area contributed by atoms with Gasteiger partial charge in [-0.05, 0) is 68.0 Å². The number of rotatable bonds is 3. The summed E-state index contributed by atoms with van der Waals surface area (Å²) in [7, 11) is 0. The lowest BCUT2D eigenvalue weighted by Crippen LogP contribution is -2.32. The average molecular weight is 335 g/mol. The Bertz CT molecular complexity index is 839. The zero-order valence-electron chi connectivity index (χ0n) is 14.4. The quantitative estimate of drug-likeness (QED) is 0.514. The summed E-state index contributed by atoms with van der Waals surface area (Å²) >= 11 is 0. The van der Waals surface area contributed by atoms with Gasteiger partial charge in [0.1, 0.15) is 0 Å². The number of carbonyl (C=O) groups excluding carboxylic acids is 2. The first-order chi connectivity index (χ1) is 12.0. The Balaban J connectivity index is 1.61. The van der Waals surface area contributed by atoms with E-state index in [-0.39, 0.29) is 0 Å². The number of nitrogens with zero attached hydrogens (tertiary/aromatic N) is 1. The summed E-state index contributed by atoms with van der Waals surface area (Å²) in [6, 6.07) is 13.5. The number of aryl methyl sites for hydroxylation is 3. The molecule has 2 aromatic carbocycles. The van der Waals surface area contributed by atoms with E-state index in [1.807, 2.05) is 32.0 Å². The Morgan fingerprint density at radius 2 is 1.68 bits per heavy atom. The highest BCUT2D eigenvalue weighted by molar-refractivity contribution is 6.39. The maximum absolute atomic E-state index is 11.9. The van der Waals surface area contributed by atoms with E-state index in [2.05, 4.69) is 28.0 Å². The van der Waals surface area contributed by atoms with Crippen molar-refractivity contribution >= 4 is 23.2 Å². The van der Waals surface area contributed by atoms with E-state index in [1.165, 1.54) is 17.5 Å². The van der Waals surface area contributed by atoms with Gasteiger partial charge in [-0.3, -0.25) is 9.59 Å². The Hall–Kier alpha value is -2.95. The van der Waals surface area contributed by atoms with Gasteiger partial charge in [-0.1, -0.05) is 29.8 Å². The molecule has 0 atom stereocenters. The number of fused-ring (bicyclic) bond motifs is 1. The summed E-state index contributed by atoms with van der Waals surface area (Å²) in [6.45, 7) is 3.77. The van der Waals surface area contributed by atoms with Crippen LogP contribution in [0.1, 0.15) is 35.6 Å². The SMILES string of the molecule is C/C(=N/NC(=O)C(=O)Nc1ccc(C)cc1)c1ccc2c(c1)CCC2. The molecule has 5 heteroatoms. The lowest BCUT2D eigenvalue weighted by atomic mass is 10.0. The van der Waals surface area contributed by atoms with Crippen molar-refractivity contribution in [2.24, 2.45) is 5.10 Å². The van der Waals surface area contributed by atoms with E-state index in [9.17, 15) is 9.59 Å². The minimum atomic E-state index is -0.791. The lowest BCUT2D eigenvalue weighted by molar-refractivity contribution is -0.136. The van der Waals surface area contributed by atoms with E-state index in [4.69, 9.17) is 0 Å². The van der Waals surface area contributed by atoms with Crippen LogP contribution in [-0.4, -0.2) is 17.5 Å². The molecule has 5 nitrogen and oxygen atoms in total. The van der Waals surface area contributed by atoms with Crippen molar-refractivity contribution in [1.82, 2.24) is 5.43 Å². The lowest BCUT2D eigenvalue weighted by Gasteiger charge is -2.06. The monoisotopic (exact) mass is 335 g/mol. The zero-order chi connectivity index (χ0) is 17.8. The molecule has 1 aliphatic rings. The number of hydrazone groups is 1. The number of hydrogen-bond acceptors (Lipinski definition) is 3. The zero-order valence-corrected chi connectivity index (χ0v) is 14.4. The Kier molecular flexibility index (Phi) is 4.93. The number of anilines is 1. The third-order valence-electron chi connectivity index (χ3n) is 4.36. The van der Waals surface area contributed by atoms with Crippen molar-refractivity contribution in [3.05, 3.63) is 64.7 Å². The van der Waals surface area contributed by atoms with Gasteiger partial charge in [-0.15, -0.1) is 0 Å². The van der Waals surface area contributed by atoms with Crippen LogP contribution in [0.2, 0.25) is 0 Å². The van der Waals surface area contributed by atoms with Crippen molar-refractivity contribution in [2.75, 3.05) is 5.32 Å². The first-order valence-electron chi connectivity index (χ1n) is 8.37. The highest BCUT2D eigenvalue weighted by Crippen LogP contribution is 2.23. The highest BCUT2D eigenvalue weighted by Gasteiger charge is 2.14. The van der Waals surface area contributed by atoms with Gasteiger partial charge in [0.2, 0.25) is 0 Å². The van der Waals surface area contributed by atoms with Gasteiger partial charge < -0.3 is 5.32 Å². The fourth-order valence-corrected chi connectivity index (χ4v) is 2.87. The van der Waals surface area contributed by atoms with Crippen LogP contribution in [0.4, 0.5) is 5.69 Å². The van der Waals surface area contributed by atoms with Gasteiger partial charge in [0.05, 0.1) is 5.71 Å². The van der Waals surface area contributed by atoms with Crippen LogP contribution in [0.25, 0.3) is 0 Å². The molecule has 2 N–H and O–H groups in total. The number of hydrogen-bond donors (Lipinski definition) is 2. The Morgan fingerprint density at radius 1 is 0.960 bits per heavy atom. The largest absolute Gasteiger partial charge is 0.329 e. The molecule has 0 aliphatic heterocycles. The summed E-state index contributed by atoms with van der Waals surface area (Å²) in [4.78, 5) is 23.8. The van der Waals surface area contributed by atoms with Gasteiger partial charge in [0.15, 0.2) is 0 Å². The van der Waals surface area contributed by atoms with Gasteiger partial charge in [0.25, 0.3) is 0 Å². The molecule has 2 aromatic rings. The van der Waals surface area contributed by atoms with Crippen molar-refractivity contribution < 1.29 is 9.59 Å². The van der Waals surface area contributed by atoms with Crippen LogP contribution in [-0.2, 0) is 22.4 Å². The second kappa shape index (κ2) is 7.30. The number of nitrogens with one attached hydrogen (secondary N) is 2. The summed E-state index contributed by atoms with van der Waals surface area (Å²) in [5.74, 6) is -1.53. The summed E-state index contributed by atoms with van der Waals surface area (Å²) in [5.41, 5.74) is 8.33. The first-order valence-corrected chi connectivity index (χ1v) is 8.37. The van der Waals surface area contributed by atoms with Gasteiger partial charge in [-0.2, -0.15) is 5.10 Å². The minimum absolute atomic E-state index is 0.574. The van der Waals surface area contributed by atoms with Crippen molar-refractivity contribution in [2.45, 2.75) is 33.1 Å². The average Bonchev–Trinajstić information content (AvgIpc) is 3.08. The predicted molar refractivity (Wildman–Crippen MR) is 98.6 cm³/mol. The molecule has 0 bridgehead atoms. The molecule has 0 aromatic heterocycles. The van der Waals surface area contributed by atoms with Gasteiger partial charge in [0, 0.05) is 5.69 Å². The summed E-state index contributed by atoms with van der Waals surface area (Å²) in [6.07, 6.45) is 3.40. The highest BCUT2D eigenvalue weighted by atomic mass is 16.2. The second-order valence-electron chi connectivity index (χ2n) is 6.30. The van der Waals surface area contributed by atoms with Crippen LogP contribution in [0, 0.1) is 6.92 Å². The molecule has 0 spiro atoms. The van der Waals surface area contributed by atoms with Crippen LogP contribution in [0.3, 0.4) is 0 Å². The van der Waals surface area contributed by atoms with E-state index in [1.54, 1.807) is 12.1 Å². The molecule has 0 heterocycles. The second-order valence-corrected chi connectivity index (χ2v) is 6.30. The fraction of sp³-hybridized carbons (Fsp3) is 0.250. The molecule has 0 unspecified atom stereocenters. The molecule has 1 aliphatic carbocycles. The van der Waals surface area contributed by atoms with E-state index in [0.29, 0.717) is 11.4 Å². The minimum Gasteiger partial charge on any atom is -0.318 e. The smallest absolute Gasteiger partial charge is 0.318 e. The Morgan fingerprint density at radius 3 is 2.44 bits per heavy atom. The van der Waals surface area contributed by atoms with Crippen molar-refractivity contribution in [1.29, 1.82) is 0 Å². The molecule has 25 heavy (non-hydrogen) atoms. The van der Waals surface area contributed by atoms with Crippen molar-refractivity contribution in [3.8, 4) is 0 Å². The molecule has 128 valence electrons. The van der Waals surface area contributed by atoms with Crippen LogP contribution >= 0.6 is 0 Å². The normalized spacial score (nSPS) is 13.3. The molecule has 3 rings (SSSR count). The van der Waals surface area contributed by atoms with Gasteiger partial charge in [-0.25, -0.2) is 5.43 Å². The summed E-state index contributed by atoms with van der Waals surface area (Å²) < 4.78 is 0. The molecule has 0 saturated heterocycles. The maximum Gasteiger partial charge on any atom is 0.329 e. The number of amides is 2. The molecule has 0 saturated carbocycles. The first kappa shape index (κ1) is 16.9. The fourth-order valence-electron chi connectivity index (χ4n) is 2.87. The van der Waals surface area contributed by atoms with E-state index >= 15 is 0 Å². The van der Waals surface area contributed by atoms with E-state index in [0.717, 1.165) is 24.0 Å². The molecular formula is C20H21N3O2. The van der Waals surface area contributed by atoms with Crippen LogP contribution in [0.5, 0.6) is 0 Å². The molecular weight excluding hydrogens is 314 g/mol. The van der Waals surface area contributed by atoms with Gasteiger partial charge >= 0.3 is 11.8 Å². The molecule has 0 radical (unpaired) electrons. The van der Waals surface area contributed by atoms with Crippen LogP contribution in [0.15, 0.2) is 47.6 Å². The third kappa shape index (κ3) is 4.12. The summed E-state index contributed by atoms with van der Waals surface area (Å²) in [5, 5.41) is 6.60. The third-order valence-corrected chi connectivity index (χ3v) is 4.36. The van der Waals surface area contributed by atoms with Crippen molar-refractivity contribution in [3.63, 3.8) is 0 Å². The standard InChI is InChI=1S/C20H21N3O2/c1-13-6-10-18(11-7-13)21-19(24)20(25)23-22-14(2)16-9-8-15-4-3-5-17(15)12-16/h6-12H,3-5H2,1-2H3,(H,21,24)(H,23,25)/b22-14-. The topological polar surface area (TPSA) is 70.6 Å². The maximum atomic E-state index is 11.9. The van der Waals surface area contributed by atoms with Crippen LogP contribution < -0.4 is 10.7 Å². The molecule has 2 amide bonds.